The van der Waals surface area contributed by atoms with Crippen LogP contribution in [-0.4, -0.2) is 48.1 Å². The van der Waals surface area contributed by atoms with Crippen LogP contribution >= 0.6 is 0 Å². The highest BCUT2D eigenvalue weighted by Crippen LogP contribution is 2.21. The minimum atomic E-state index is -0.451. The Kier molecular flexibility index (Phi) is 3.07. The van der Waals surface area contributed by atoms with Gasteiger partial charge in [0.25, 0.3) is 0 Å². The molecule has 4 nitrogen and oxygen atoms in total. The van der Waals surface area contributed by atoms with Crippen LogP contribution in [0.25, 0.3) is 0 Å². The summed E-state index contributed by atoms with van der Waals surface area (Å²) in [7, 11) is 2.11. The van der Waals surface area contributed by atoms with E-state index in [1.807, 2.05) is 0 Å². The van der Waals surface area contributed by atoms with Gasteiger partial charge < -0.3 is 14.8 Å². The number of hydrogen-bond acceptors (Lipinski definition) is 4. The molecule has 0 amide bonds. The van der Waals surface area contributed by atoms with Gasteiger partial charge in [0.05, 0.1) is 11.8 Å². The number of nitrogens with zero attached hydrogens (tertiary/aromatic N) is 2. The van der Waals surface area contributed by atoms with E-state index in [4.69, 9.17) is 4.84 Å². The summed E-state index contributed by atoms with van der Waals surface area (Å²) in [5.74, 6) is 0. The van der Waals surface area contributed by atoms with Crippen LogP contribution in [0, 0.1) is 0 Å². The quantitative estimate of drug-likeness (QED) is 0.732. The first-order valence-corrected chi connectivity index (χ1v) is 5.45. The molecule has 1 N–H and O–H groups in total. The van der Waals surface area contributed by atoms with Gasteiger partial charge in [0.1, 0.15) is 0 Å². The zero-order chi connectivity index (χ0) is 10.8. The Morgan fingerprint density at radius 1 is 1.67 bits per heavy atom. The fourth-order valence-electron chi connectivity index (χ4n) is 1.95. The summed E-state index contributed by atoms with van der Waals surface area (Å²) in [5, 5.41) is 13.5. The first kappa shape index (κ1) is 10.6. The second-order valence-corrected chi connectivity index (χ2v) is 4.38. The molecule has 0 aromatic heterocycles. The van der Waals surface area contributed by atoms with E-state index >= 15 is 0 Å². The van der Waals surface area contributed by atoms with Gasteiger partial charge in [0, 0.05) is 19.5 Å². The summed E-state index contributed by atoms with van der Waals surface area (Å²) in [5.41, 5.74) is 2.26. The molecule has 2 unspecified atom stereocenters. The van der Waals surface area contributed by atoms with E-state index in [-0.39, 0.29) is 6.10 Å². The Morgan fingerprint density at radius 3 is 3.07 bits per heavy atom. The summed E-state index contributed by atoms with van der Waals surface area (Å²) in [4.78, 5) is 7.47. The van der Waals surface area contributed by atoms with Crippen LogP contribution in [0.5, 0.6) is 0 Å². The number of oxime groups is 1. The molecule has 0 aromatic carbocycles. The summed E-state index contributed by atoms with van der Waals surface area (Å²) < 4.78 is 0. The Bertz CT molecular complexity index is 297. The second kappa shape index (κ2) is 4.33. The molecular formula is C11H18N2O2. The first-order chi connectivity index (χ1) is 7.16. The predicted molar refractivity (Wildman–Crippen MR) is 58.8 cm³/mol. The predicted octanol–water partition coefficient (Wildman–Crippen LogP) is 0.774. The van der Waals surface area contributed by atoms with E-state index in [1.165, 1.54) is 5.57 Å². The maximum atomic E-state index is 9.39. The molecular weight excluding hydrogens is 192 g/mol. The molecule has 0 bridgehead atoms. The van der Waals surface area contributed by atoms with Gasteiger partial charge in [-0.2, -0.15) is 0 Å². The molecule has 2 aliphatic heterocycles. The zero-order valence-corrected chi connectivity index (χ0v) is 9.31. The Morgan fingerprint density at radius 2 is 2.47 bits per heavy atom. The summed E-state index contributed by atoms with van der Waals surface area (Å²) >= 11 is 0. The van der Waals surface area contributed by atoms with Crippen molar-refractivity contribution in [2.45, 2.75) is 32.0 Å². The lowest BCUT2D eigenvalue weighted by molar-refractivity contribution is -0.00780. The monoisotopic (exact) mass is 210 g/mol. The number of hydrogen-bond donors (Lipinski definition) is 1. The van der Waals surface area contributed by atoms with Gasteiger partial charge >= 0.3 is 0 Å². The van der Waals surface area contributed by atoms with Crippen molar-refractivity contribution in [1.82, 2.24) is 4.90 Å². The normalized spacial score (nSPS) is 29.4. The molecule has 2 aliphatic rings. The van der Waals surface area contributed by atoms with Crippen molar-refractivity contribution in [3.05, 3.63) is 11.6 Å². The van der Waals surface area contributed by atoms with E-state index in [0.717, 1.165) is 31.6 Å². The van der Waals surface area contributed by atoms with E-state index in [9.17, 15) is 5.11 Å². The van der Waals surface area contributed by atoms with Gasteiger partial charge in [-0.1, -0.05) is 11.2 Å². The third-order valence-corrected chi connectivity index (χ3v) is 2.94. The topological polar surface area (TPSA) is 45.1 Å². The fourth-order valence-corrected chi connectivity index (χ4v) is 1.95. The zero-order valence-electron chi connectivity index (χ0n) is 9.31. The Hall–Kier alpha value is -0.870. The highest BCUT2D eigenvalue weighted by atomic mass is 16.6. The van der Waals surface area contributed by atoms with E-state index in [1.54, 1.807) is 6.92 Å². The van der Waals surface area contributed by atoms with E-state index in [2.05, 4.69) is 23.2 Å². The minimum Gasteiger partial charge on any atom is -0.389 e. The van der Waals surface area contributed by atoms with Crippen molar-refractivity contribution in [3.8, 4) is 0 Å². The molecule has 4 heteroatoms. The van der Waals surface area contributed by atoms with Crippen LogP contribution in [0.15, 0.2) is 16.8 Å². The van der Waals surface area contributed by atoms with Gasteiger partial charge in [-0.05, 0) is 26.0 Å². The SMILES string of the molecule is CC(O)C1CC(C2=CCCN(C)C2)=NO1. The lowest BCUT2D eigenvalue weighted by Crippen LogP contribution is -2.29. The van der Waals surface area contributed by atoms with E-state index in [0.29, 0.717) is 0 Å². The molecule has 0 saturated heterocycles. The average molecular weight is 210 g/mol. The molecule has 2 atom stereocenters. The lowest BCUT2D eigenvalue weighted by atomic mass is 9.99. The van der Waals surface area contributed by atoms with Gasteiger partial charge in [0.15, 0.2) is 6.10 Å². The van der Waals surface area contributed by atoms with Crippen LogP contribution in [0.4, 0.5) is 0 Å². The molecule has 2 heterocycles. The van der Waals surface area contributed by atoms with Crippen molar-refractivity contribution in [1.29, 1.82) is 0 Å². The highest BCUT2D eigenvalue weighted by molar-refractivity contribution is 6.01. The Balaban J connectivity index is 1.98. The molecule has 2 rings (SSSR count). The van der Waals surface area contributed by atoms with Crippen LogP contribution in [0.2, 0.25) is 0 Å². The largest absolute Gasteiger partial charge is 0.389 e. The highest BCUT2D eigenvalue weighted by Gasteiger charge is 2.28. The van der Waals surface area contributed by atoms with Crippen LogP contribution in [-0.2, 0) is 4.84 Å². The summed E-state index contributed by atoms with van der Waals surface area (Å²) in [6.07, 6.45) is 3.43. The maximum absolute atomic E-state index is 9.39. The van der Waals surface area contributed by atoms with Gasteiger partial charge in [-0.15, -0.1) is 0 Å². The summed E-state index contributed by atoms with van der Waals surface area (Å²) in [6, 6.07) is 0. The third kappa shape index (κ3) is 2.38. The second-order valence-electron chi connectivity index (χ2n) is 4.38. The molecule has 0 saturated carbocycles. The molecule has 0 radical (unpaired) electrons. The number of likely N-dealkylation sites (N-methyl/N-ethyl adjacent to an activating group) is 1. The molecule has 15 heavy (non-hydrogen) atoms. The number of aliphatic hydroxyl groups excluding tert-OH is 1. The summed E-state index contributed by atoms with van der Waals surface area (Å²) in [6.45, 7) is 3.79. The van der Waals surface area contributed by atoms with Crippen molar-refractivity contribution in [2.24, 2.45) is 5.16 Å². The molecule has 0 aliphatic carbocycles. The van der Waals surface area contributed by atoms with Gasteiger partial charge in [0.2, 0.25) is 0 Å². The van der Waals surface area contributed by atoms with E-state index < -0.39 is 6.10 Å². The standard InChI is InChI=1S/C11H18N2O2/c1-8(14)11-6-10(12-15-11)9-4-3-5-13(2)7-9/h4,8,11,14H,3,5-7H2,1-2H3. The van der Waals surface area contributed by atoms with Crippen LogP contribution < -0.4 is 0 Å². The van der Waals surface area contributed by atoms with Crippen LogP contribution in [0.1, 0.15) is 19.8 Å². The minimum absolute atomic E-state index is 0.159. The number of aliphatic hydroxyl groups is 1. The molecule has 0 fully saturated rings. The maximum Gasteiger partial charge on any atom is 0.158 e. The van der Waals surface area contributed by atoms with Crippen molar-refractivity contribution in [2.75, 3.05) is 20.1 Å². The third-order valence-electron chi connectivity index (χ3n) is 2.94. The number of rotatable bonds is 2. The molecule has 0 spiro atoms. The van der Waals surface area contributed by atoms with Gasteiger partial charge in [-0.3, -0.25) is 0 Å². The van der Waals surface area contributed by atoms with Crippen molar-refractivity contribution in [3.63, 3.8) is 0 Å². The molecule has 84 valence electrons. The van der Waals surface area contributed by atoms with Crippen molar-refractivity contribution < 1.29 is 9.94 Å². The smallest absolute Gasteiger partial charge is 0.158 e. The lowest BCUT2D eigenvalue weighted by Gasteiger charge is -2.22. The average Bonchev–Trinajstić information content (AvgIpc) is 2.66. The fraction of sp³-hybridized carbons (Fsp3) is 0.727. The first-order valence-electron chi connectivity index (χ1n) is 5.45. The van der Waals surface area contributed by atoms with Gasteiger partial charge in [-0.25, -0.2) is 0 Å². The van der Waals surface area contributed by atoms with Crippen molar-refractivity contribution >= 4 is 5.71 Å². The van der Waals surface area contributed by atoms with Crippen LogP contribution in [0.3, 0.4) is 0 Å². The Labute approximate surface area is 90.2 Å². The molecule has 0 aromatic rings.